The number of nitrogens with zero attached hydrogens (tertiary/aromatic N) is 3. The van der Waals surface area contributed by atoms with Gasteiger partial charge in [-0.3, -0.25) is 9.47 Å². The van der Waals surface area contributed by atoms with Crippen LogP contribution in [0.5, 0.6) is 0 Å². The van der Waals surface area contributed by atoms with Crippen molar-refractivity contribution in [3.8, 4) is 0 Å². The van der Waals surface area contributed by atoms with E-state index < -0.39 is 0 Å². The first-order valence-electron chi connectivity index (χ1n) is 9.17. The Morgan fingerprint density at radius 3 is 2.41 bits per heavy atom. The Labute approximate surface area is 156 Å². The zero-order chi connectivity index (χ0) is 18.6. The predicted octanol–water partition coefficient (Wildman–Crippen LogP) is 3.11. The fourth-order valence-electron chi connectivity index (χ4n) is 3.43. The van der Waals surface area contributed by atoms with Gasteiger partial charge in [-0.25, -0.2) is 9.18 Å². The van der Waals surface area contributed by atoms with Crippen LogP contribution in [0, 0.1) is 5.82 Å². The molecule has 0 bridgehead atoms. The quantitative estimate of drug-likeness (QED) is 0.650. The van der Waals surface area contributed by atoms with Crippen LogP contribution in [-0.4, -0.2) is 42.2 Å². The zero-order valence-corrected chi connectivity index (χ0v) is 15.1. The Morgan fingerprint density at radius 2 is 1.63 bits per heavy atom. The van der Waals surface area contributed by atoms with Crippen LogP contribution < -0.4 is 10.7 Å². The molecule has 1 aromatic heterocycles. The molecule has 0 radical (unpaired) electrons. The number of piperazine rings is 1. The number of anilines is 1. The maximum Gasteiger partial charge on any atom is 0.420 e. The van der Waals surface area contributed by atoms with E-state index in [-0.39, 0.29) is 11.6 Å². The second-order valence-corrected chi connectivity index (χ2v) is 6.68. The molecule has 0 aliphatic carbocycles. The van der Waals surface area contributed by atoms with E-state index in [4.69, 9.17) is 4.42 Å². The summed E-state index contributed by atoms with van der Waals surface area (Å²) in [6.45, 7) is 5.11. The van der Waals surface area contributed by atoms with Gasteiger partial charge in [-0.2, -0.15) is 0 Å². The molecule has 1 aliphatic rings. The van der Waals surface area contributed by atoms with Gasteiger partial charge >= 0.3 is 5.76 Å². The molecular weight excluding hydrogens is 345 g/mol. The highest BCUT2D eigenvalue weighted by Crippen LogP contribution is 2.17. The third kappa shape index (κ3) is 3.95. The van der Waals surface area contributed by atoms with E-state index in [1.165, 1.54) is 12.1 Å². The van der Waals surface area contributed by atoms with Crippen LogP contribution >= 0.6 is 0 Å². The summed E-state index contributed by atoms with van der Waals surface area (Å²) in [6.07, 6.45) is 4.11. The van der Waals surface area contributed by atoms with Crippen molar-refractivity contribution in [3.05, 3.63) is 77.1 Å². The van der Waals surface area contributed by atoms with E-state index in [1.54, 1.807) is 10.6 Å². The fourth-order valence-corrected chi connectivity index (χ4v) is 3.43. The highest BCUT2D eigenvalue weighted by molar-refractivity contribution is 5.72. The van der Waals surface area contributed by atoms with E-state index in [2.05, 4.69) is 15.9 Å². The summed E-state index contributed by atoms with van der Waals surface area (Å²) < 4.78 is 19.9. The highest BCUT2D eigenvalue weighted by Gasteiger charge is 2.16. The average molecular weight is 367 g/mol. The lowest BCUT2D eigenvalue weighted by molar-refractivity contribution is 0.284. The number of hydrogen-bond acceptors (Lipinski definition) is 4. The minimum Gasteiger partial charge on any atom is -0.408 e. The molecule has 1 fully saturated rings. The summed E-state index contributed by atoms with van der Waals surface area (Å²) in [4.78, 5) is 16.6. The first-order valence-corrected chi connectivity index (χ1v) is 9.17. The van der Waals surface area contributed by atoms with Crippen molar-refractivity contribution in [3.63, 3.8) is 0 Å². The minimum atomic E-state index is -0.325. The molecule has 1 aliphatic heterocycles. The molecule has 27 heavy (non-hydrogen) atoms. The van der Waals surface area contributed by atoms with Gasteiger partial charge in [0.1, 0.15) is 5.82 Å². The Kier molecular flexibility index (Phi) is 5.07. The SMILES string of the molecule is O=c1oc2ccccc2n1C/C=C\CN1CCN(c2ccc(F)cc2)CC1. The van der Waals surface area contributed by atoms with Crippen LogP contribution in [0.4, 0.5) is 10.1 Å². The lowest BCUT2D eigenvalue weighted by Gasteiger charge is -2.35. The van der Waals surface area contributed by atoms with Crippen molar-refractivity contribution in [2.24, 2.45) is 0 Å². The van der Waals surface area contributed by atoms with Gasteiger partial charge in [-0.15, -0.1) is 0 Å². The number of aromatic nitrogens is 1. The summed E-state index contributed by atoms with van der Waals surface area (Å²) in [5.41, 5.74) is 2.51. The largest absolute Gasteiger partial charge is 0.420 e. The normalized spacial score (nSPS) is 15.8. The van der Waals surface area contributed by atoms with Gasteiger partial charge in [0.25, 0.3) is 0 Å². The zero-order valence-electron chi connectivity index (χ0n) is 15.1. The van der Waals surface area contributed by atoms with Crippen molar-refractivity contribution in [1.82, 2.24) is 9.47 Å². The van der Waals surface area contributed by atoms with Crippen molar-refractivity contribution in [1.29, 1.82) is 0 Å². The van der Waals surface area contributed by atoms with E-state index in [0.717, 1.165) is 43.9 Å². The second kappa shape index (κ2) is 7.80. The molecule has 1 saturated heterocycles. The molecule has 0 spiro atoms. The van der Waals surface area contributed by atoms with E-state index >= 15 is 0 Å². The molecule has 0 unspecified atom stereocenters. The van der Waals surface area contributed by atoms with Crippen molar-refractivity contribution >= 4 is 16.8 Å². The van der Waals surface area contributed by atoms with Crippen LogP contribution in [0.15, 0.2) is 69.9 Å². The molecule has 3 aromatic rings. The third-order valence-corrected chi connectivity index (χ3v) is 4.96. The molecule has 2 aromatic carbocycles. The number of hydrogen-bond donors (Lipinski definition) is 0. The van der Waals surface area contributed by atoms with Crippen molar-refractivity contribution in [2.45, 2.75) is 6.54 Å². The molecule has 0 N–H and O–H groups in total. The van der Waals surface area contributed by atoms with Gasteiger partial charge in [0.2, 0.25) is 0 Å². The number of allylic oxidation sites excluding steroid dienone is 1. The van der Waals surface area contributed by atoms with Gasteiger partial charge in [-0.1, -0.05) is 24.3 Å². The van der Waals surface area contributed by atoms with E-state index in [1.807, 2.05) is 36.4 Å². The topological polar surface area (TPSA) is 41.6 Å². The lowest BCUT2D eigenvalue weighted by Crippen LogP contribution is -2.46. The smallest absolute Gasteiger partial charge is 0.408 e. The van der Waals surface area contributed by atoms with Gasteiger partial charge < -0.3 is 9.32 Å². The van der Waals surface area contributed by atoms with Crippen LogP contribution in [0.2, 0.25) is 0 Å². The number of fused-ring (bicyclic) bond motifs is 1. The standard InChI is InChI=1S/C21H22FN3O2/c22-17-7-9-18(10-8-17)24-15-13-23(14-16-24)11-3-4-12-25-19-5-1-2-6-20(19)27-21(25)26/h1-10H,11-16H2/b4-3-. The summed E-state index contributed by atoms with van der Waals surface area (Å²) in [5, 5.41) is 0. The highest BCUT2D eigenvalue weighted by atomic mass is 19.1. The molecule has 6 heteroatoms. The first kappa shape index (κ1) is 17.5. The maximum absolute atomic E-state index is 13.0. The summed E-state index contributed by atoms with van der Waals surface area (Å²) in [7, 11) is 0. The molecular formula is C21H22FN3O2. The van der Waals surface area contributed by atoms with Gasteiger partial charge in [-0.05, 0) is 36.4 Å². The minimum absolute atomic E-state index is 0.202. The van der Waals surface area contributed by atoms with Crippen molar-refractivity contribution in [2.75, 3.05) is 37.6 Å². The third-order valence-electron chi connectivity index (χ3n) is 4.96. The number of oxazole rings is 1. The van der Waals surface area contributed by atoms with Crippen LogP contribution in [0.1, 0.15) is 0 Å². The van der Waals surface area contributed by atoms with E-state index in [0.29, 0.717) is 12.1 Å². The second-order valence-electron chi connectivity index (χ2n) is 6.68. The molecule has 4 rings (SSSR count). The van der Waals surface area contributed by atoms with Crippen LogP contribution in [0.25, 0.3) is 11.1 Å². The maximum atomic E-state index is 13.0. The summed E-state index contributed by atoms with van der Waals surface area (Å²) in [6, 6.07) is 14.1. The predicted molar refractivity (Wildman–Crippen MR) is 105 cm³/mol. The Morgan fingerprint density at radius 1 is 0.926 bits per heavy atom. The molecule has 140 valence electrons. The molecule has 5 nitrogen and oxygen atoms in total. The molecule has 0 atom stereocenters. The number of rotatable bonds is 5. The number of halogens is 1. The lowest BCUT2D eigenvalue weighted by atomic mass is 10.2. The van der Waals surface area contributed by atoms with Crippen LogP contribution in [-0.2, 0) is 6.54 Å². The number of benzene rings is 2. The van der Waals surface area contributed by atoms with Gasteiger partial charge in [0, 0.05) is 45.0 Å². The average Bonchev–Trinajstić information content (AvgIpc) is 3.02. The van der Waals surface area contributed by atoms with Crippen molar-refractivity contribution < 1.29 is 8.81 Å². The summed E-state index contributed by atoms with van der Waals surface area (Å²) in [5.74, 6) is -0.527. The Balaban J connectivity index is 1.29. The van der Waals surface area contributed by atoms with Crippen LogP contribution in [0.3, 0.4) is 0 Å². The Hall–Kier alpha value is -2.86. The van der Waals surface area contributed by atoms with Gasteiger partial charge in [0.15, 0.2) is 5.58 Å². The monoisotopic (exact) mass is 367 g/mol. The van der Waals surface area contributed by atoms with E-state index in [9.17, 15) is 9.18 Å². The summed E-state index contributed by atoms with van der Waals surface area (Å²) >= 11 is 0. The van der Waals surface area contributed by atoms with Gasteiger partial charge in [0.05, 0.1) is 5.52 Å². The molecule has 0 saturated carbocycles. The molecule has 0 amide bonds. The number of para-hydroxylation sites is 2. The molecule has 2 heterocycles. The first-order chi connectivity index (χ1) is 13.2. The Bertz CT molecular complexity index is 983. The fraction of sp³-hybridized carbons (Fsp3) is 0.286.